The predicted molar refractivity (Wildman–Crippen MR) is 89.0 cm³/mol. The van der Waals surface area contributed by atoms with Gasteiger partial charge in [-0.25, -0.2) is 0 Å². The number of halogens is 1. The van der Waals surface area contributed by atoms with Crippen molar-refractivity contribution in [1.82, 2.24) is 16.0 Å². The monoisotopic (exact) mass is 323 g/mol. The second-order valence-corrected chi connectivity index (χ2v) is 5.03. The topological polar surface area (TPSA) is 70.2 Å². The van der Waals surface area contributed by atoms with Gasteiger partial charge in [0, 0.05) is 13.1 Å². The SMILES string of the molecule is Cl.O=C(CNC(=O)Cc1ccccc1)NCC1=CCNCC1. The number of rotatable bonds is 6. The predicted octanol–water partition coefficient (Wildman–Crippen LogP) is 0.803. The molecule has 0 radical (unpaired) electrons. The van der Waals surface area contributed by atoms with Crippen LogP contribution in [0.2, 0.25) is 0 Å². The Labute approximate surface area is 137 Å². The lowest BCUT2D eigenvalue weighted by Gasteiger charge is -2.14. The Kier molecular flexibility index (Phi) is 8.25. The third kappa shape index (κ3) is 6.74. The minimum absolute atomic E-state index is 0. The van der Waals surface area contributed by atoms with Gasteiger partial charge in [0.25, 0.3) is 0 Å². The van der Waals surface area contributed by atoms with Gasteiger partial charge in [-0.3, -0.25) is 9.59 Å². The molecule has 0 aromatic heterocycles. The van der Waals surface area contributed by atoms with Crippen LogP contribution in [-0.2, 0) is 16.0 Å². The smallest absolute Gasteiger partial charge is 0.239 e. The van der Waals surface area contributed by atoms with Crippen molar-refractivity contribution in [1.29, 1.82) is 0 Å². The van der Waals surface area contributed by atoms with E-state index in [-0.39, 0.29) is 30.8 Å². The molecule has 1 aliphatic rings. The van der Waals surface area contributed by atoms with Crippen LogP contribution in [0.15, 0.2) is 42.0 Å². The number of hydrogen-bond acceptors (Lipinski definition) is 3. The molecule has 0 unspecified atom stereocenters. The first-order valence-corrected chi connectivity index (χ1v) is 7.20. The molecule has 0 fully saturated rings. The summed E-state index contributed by atoms with van der Waals surface area (Å²) in [5.41, 5.74) is 2.17. The normalized spacial score (nSPS) is 13.5. The molecule has 5 nitrogen and oxygen atoms in total. The molecule has 120 valence electrons. The zero-order valence-corrected chi connectivity index (χ0v) is 13.2. The van der Waals surface area contributed by atoms with Crippen molar-refractivity contribution in [2.24, 2.45) is 0 Å². The van der Waals surface area contributed by atoms with E-state index in [4.69, 9.17) is 0 Å². The molecule has 2 rings (SSSR count). The molecule has 0 saturated carbocycles. The van der Waals surface area contributed by atoms with E-state index in [0.717, 1.165) is 25.1 Å². The summed E-state index contributed by atoms with van der Waals surface area (Å²) in [6.45, 7) is 2.40. The van der Waals surface area contributed by atoms with Crippen molar-refractivity contribution >= 4 is 24.2 Å². The molecule has 0 spiro atoms. The van der Waals surface area contributed by atoms with Gasteiger partial charge in [-0.1, -0.05) is 42.0 Å². The first-order valence-electron chi connectivity index (χ1n) is 7.20. The number of benzene rings is 1. The average Bonchev–Trinajstić information content (AvgIpc) is 2.53. The van der Waals surface area contributed by atoms with E-state index in [2.05, 4.69) is 22.0 Å². The van der Waals surface area contributed by atoms with Gasteiger partial charge in [0.1, 0.15) is 0 Å². The highest BCUT2D eigenvalue weighted by atomic mass is 35.5. The summed E-state index contributed by atoms with van der Waals surface area (Å²) in [6.07, 6.45) is 3.35. The number of hydrogen-bond donors (Lipinski definition) is 3. The zero-order valence-electron chi connectivity index (χ0n) is 12.4. The Balaban J connectivity index is 0.00000242. The Morgan fingerprint density at radius 3 is 2.55 bits per heavy atom. The van der Waals surface area contributed by atoms with E-state index in [1.807, 2.05) is 30.3 Å². The van der Waals surface area contributed by atoms with Gasteiger partial charge in [-0.2, -0.15) is 0 Å². The molecule has 1 aromatic carbocycles. The lowest BCUT2D eigenvalue weighted by Crippen LogP contribution is -2.38. The van der Waals surface area contributed by atoms with Crippen LogP contribution in [0.5, 0.6) is 0 Å². The van der Waals surface area contributed by atoms with E-state index in [0.29, 0.717) is 13.0 Å². The Morgan fingerprint density at radius 2 is 1.86 bits per heavy atom. The molecular formula is C16H22ClN3O2. The quantitative estimate of drug-likeness (QED) is 0.678. The standard InChI is InChI=1S/C16H21N3O2.ClH/c20-15(10-13-4-2-1-3-5-13)19-12-16(21)18-11-14-6-8-17-9-7-14;/h1-6,17H,7-12H2,(H,18,21)(H,19,20);1H. The van der Waals surface area contributed by atoms with Crippen LogP contribution < -0.4 is 16.0 Å². The number of amides is 2. The number of carbonyl (C=O) groups is 2. The van der Waals surface area contributed by atoms with Crippen LogP contribution in [0.1, 0.15) is 12.0 Å². The zero-order chi connectivity index (χ0) is 14.9. The molecule has 22 heavy (non-hydrogen) atoms. The van der Waals surface area contributed by atoms with Crippen molar-refractivity contribution in [2.75, 3.05) is 26.2 Å². The summed E-state index contributed by atoms with van der Waals surface area (Å²) in [6, 6.07) is 9.47. The Bertz CT molecular complexity index is 517. The third-order valence-electron chi connectivity index (χ3n) is 3.32. The van der Waals surface area contributed by atoms with Crippen molar-refractivity contribution in [3.8, 4) is 0 Å². The molecule has 0 saturated heterocycles. The minimum Gasteiger partial charge on any atom is -0.351 e. The van der Waals surface area contributed by atoms with Crippen LogP contribution >= 0.6 is 12.4 Å². The van der Waals surface area contributed by atoms with Crippen molar-refractivity contribution < 1.29 is 9.59 Å². The van der Waals surface area contributed by atoms with Gasteiger partial charge in [0.05, 0.1) is 13.0 Å². The van der Waals surface area contributed by atoms with Gasteiger partial charge in [0.2, 0.25) is 11.8 Å². The van der Waals surface area contributed by atoms with Gasteiger partial charge < -0.3 is 16.0 Å². The summed E-state index contributed by atoms with van der Waals surface area (Å²) in [5, 5.41) is 8.68. The van der Waals surface area contributed by atoms with E-state index in [9.17, 15) is 9.59 Å². The van der Waals surface area contributed by atoms with E-state index < -0.39 is 0 Å². The van der Waals surface area contributed by atoms with Crippen LogP contribution in [0.25, 0.3) is 0 Å². The Hall–Kier alpha value is -1.85. The highest BCUT2D eigenvalue weighted by Crippen LogP contribution is 2.02. The fourth-order valence-corrected chi connectivity index (χ4v) is 2.13. The number of nitrogens with one attached hydrogen (secondary N) is 3. The van der Waals surface area contributed by atoms with E-state index in [1.54, 1.807) is 0 Å². The van der Waals surface area contributed by atoms with Gasteiger partial charge in [-0.05, 0) is 18.5 Å². The minimum atomic E-state index is -0.157. The summed E-state index contributed by atoms with van der Waals surface area (Å²) >= 11 is 0. The largest absolute Gasteiger partial charge is 0.351 e. The fraction of sp³-hybridized carbons (Fsp3) is 0.375. The maximum atomic E-state index is 11.7. The molecule has 1 aromatic rings. The lowest BCUT2D eigenvalue weighted by molar-refractivity contribution is -0.125. The van der Waals surface area contributed by atoms with Crippen LogP contribution in [0.4, 0.5) is 0 Å². The fourth-order valence-electron chi connectivity index (χ4n) is 2.13. The molecule has 0 bridgehead atoms. The highest BCUT2D eigenvalue weighted by molar-refractivity contribution is 5.86. The highest BCUT2D eigenvalue weighted by Gasteiger charge is 2.08. The summed E-state index contributed by atoms with van der Waals surface area (Å²) in [7, 11) is 0. The number of carbonyl (C=O) groups excluding carboxylic acids is 2. The van der Waals surface area contributed by atoms with Gasteiger partial charge in [0.15, 0.2) is 0 Å². The molecule has 2 amide bonds. The van der Waals surface area contributed by atoms with E-state index >= 15 is 0 Å². The van der Waals surface area contributed by atoms with E-state index in [1.165, 1.54) is 5.57 Å². The summed E-state index contributed by atoms with van der Waals surface area (Å²) in [5.74, 6) is -0.298. The second-order valence-electron chi connectivity index (χ2n) is 5.03. The van der Waals surface area contributed by atoms with Gasteiger partial charge in [-0.15, -0.1) is 12.4 Å². The summed E-state index contributed by atoms with van der Waals surface area (Å²) < 4.78 is 0. The first-order chi connectivity index (χ1) is 10.2. The first kappa shape index (κ1) is 18.2. The molecule has 0 aliphatic carbocycles. The lowest BCUT2D eigenvalue weighted by atomic mass is 10.1. The molecular weight excluding hydrogens is 302 g/mol. The van der Waals surface area contributed by atoms with Gasteiger partial charge >= 0.3 is 0 Å². The maximum Gasteiger partial charge on any atom is 0.239 e. The van der Waals surface area contributed by atoms with Crippen LogP contribution in [0.3, 0.4) is 0 Å². The van der Waals surface area contributed by atoms with Crippen LogP contribution in [0, 0.1) is 0 Å². The molecule has 1 heterocycles. The summed E-state index contributed by atoms with van der Waals surface area (Å²) in [4.78, 5) is 23.4. The van der Waals surface area contributed by atoms with Crippen molar-refractivity contribution in [2.45, 2.75) is 12.8 Å². The molecule has 1 aliphatic heterocycles. The maximum absolute atomic E-state index is 11.7. The molecule has 3 N–H and O–H groups in total. The average molecular weight is 324 g/mol. The molecule has 6 heteroatoms. The Morgan fingerprint density at radius 1 is 1.09 bits per heavy atom. The molecule has 0 atom stereocenters. The van der Waals surface area contributed by atoms with Crippen LogP contribution in [-0.4, -0.2) is 38.0 Å². The van der Waals surface area contributed by atoms with Crippen molar-refractivity contribution in [3.05, 3.63) is 47.5 Å². The second kappa shape index (κ2) is 9.97. The van der Waals surface area contributed by atoms with Crippen molar-refractivity contribution in [3.63, 3.8) is 0 Å². The third-order valence-corrected chi connectivity index (χ3v) is 3.32.